The number of aromatic hydroxyl groups is 1. The third-order valence-electron chi connectivity index (χ3n) is 3.45. The molecule has 2 N–H and O–H groups in total. The Hall–Kier alpha value is -2.61. The summed E-state index contributed by atoms with van der Waals surface area (Å²) in [6.07, 6.45) is 0. The molecule has 0 bridgehead atoms. The van der Waals surface area contributed by atoms with Crippen molar-refractivity contribution in [3.05, 3.63) is 29.8 Å². The number of fused-ring (bicyclic) bond motifs is 1. The van der Waals surface area contributed by atoms with Crippen LogP contribution in [0.5, 0.6) is 5.75 Å². The number of rotatable bonds is 2. The number of nitrogens with one attached hydrogen (secondary N) is 1. The van der Waals surface area contributed by atoms with Gasteiger partial charge in [0.25, 0.3) is 0 Å². The van der Waals surface area contributed by atoms with Gasteiger partial charge in [-0.25, -0.2) is 4.57 Å². The molecule has 0 fully saturated rings. The lowest BCUT2D eigenvalue weighted by molar-refractivity contribution is 0.0941. The SMILES string of the molecule is Cc1ccc(O)c(-c2cc(-c3nnc4n3C(=O)CS4)[nH]n2)c1. The minimum absolute atomic E-state index is 0.0467. The normalized spacial score (nSPS) is 13.6. The van der Waals surface area contributed by atoms with Gasteiger partial charge in [0.15, 0.2) is 11.0 Å². The minimum atomic E-state index is -0.0467. The third kappa shape index (κ3) is 1.92. The molecule has 1 aromatic carbocycles. The summed E-state index contributed by atoms with van der Waals surface area (Å²) in [5, 5.41) is 25.7. The van der Waals surface area contributed by atoms with Gasteiger partial charge in [-0.05, 0) is 25.1 Å². The number of aromatic amines is 1. The highest BCUT2D eigenvalue weighted by molar-refractivity contribution is 8.00. The summed E-state index contributed by atoms with van der Waals surface area (Å²) >= 11 is 1.36. The second-order valence-corrected chi connectivity index (χ2v) is 5.95. The Bertz CT molecular complexity index is 899. The minimum Gasteiger partial charge on any atom is -0.507 e. The van der Waals surface area contributed by atoms with E-state index in [2.05, 4.69) is 20.4 Å². The first-order chi connectivity index (χ1) is 10.6. The Labute approximate surface area is 129 Å². The van der Waals surface area contributed by atoms with Crippen molar-refractivity contribution in [2.75, 3.05) is 5.75 Å². The van der Waals surface area contributed by atoms with E-state index in [9.17, 15) is 9.90 Å². The first kappa shape index (κ1) is 13.1. The van der Waals surface area contributed by atoms with Crippen molar-refractivity contribution in [2.24, 2.45) is 0 Å². The molecular formula is C14H11N5O2S. The quantitative estimate of drug-likeness (QED) is 0.752. The van der Waals surface area contributed by atoms with Crippen LogP contribution in [-0.2, 0) is 0 Å². The van der Waals surface area contributed by atoms with Crippen LogP contribution in [0.4, 0.5) is 0 Å². The van der Waals surface area contributed by atoms with E-state index >= 15 is 0 Å². The van der Waals surface area contributed by atoms with Gasteiger partial charge in [0, 0.05) is 5.56 Å². The van der Waals surface area contributed by atoms with Gasteiger partial charge in [-0.15, -0.1) is 10.2 Å². The number of phenolic OH excluding ortho intramolecular Hbond substituents is 1. The van der Waals surface area contributed by atoms with Crippen molar-refractivity contribution in [1.29, 1.82) is 0 Å². The van der Waals surface area contributed by atoms with Crippen LogP contribution in [0.2, 0.25) is 0 Å². The van der Waals surface area contributed by atoms with Crippen molar-refractivity contribution in [1.82, 2.24) is 25.0 Å². The lowest BCUT2D eigenvalue weighted by Gasteiger charge is -2.01. The number of aromatic nitrogens is 5. The molecule has 0 aliphatic carbocycles. The molecule has 2 aromatic heterocycles. The molecule has 0 amide bonds. The highest BCUT2D eigenvalue weighted by Gasteiger charge is 2.27. The lowest BCUT2D eigenvalue weighted by Crippen LogP contribution is -2.08. The molecule has 3 heterocycles. The molecule has 0 atom stereocenters. The topological polar surface area (TPSA) is 96.7 Å². The van der Waals surface area contributed by atoms with Crippen LogP contribution in [0.3, 0.4) is 0 Å². The van der Waals surface area contributed by atoms with Crippen molar-refractivity contribution in [3.8, 4) is 28.5 Å². The molecule has 1 aliphatic heterocycles. The second kappa shape index (κ2) is 4.70. The summed E-state index contributed by atoms with van der Waals surface area (Å²) in [5.74, 6) is 0.921. The molecule has 0 unspecified atom stereocenters. The van der Waals surface area contributed by atoms with Crippen LogP contribution in [0.25, 0.3) is 22.8 Å². The third-order valence-corrected chi connectivity index (χ3v) is 4.37. The zero-order chi connectivity index (χ0) is 15.3. The maximum absolute atomic E-state index is 11.9. The van der Waals surface area contributed by atoms with E-state index in [4.69, 9.17) is 0 Å². The van der Waals surface area contributed by atoms with Crippen molar-refractivity contribution in [3.63, 3.8) is 0 Å². The van der Waals surface area contributed by atoms with Crippen molar-refractivity contribution >= 4 is 17.7 Å². The van der Waals surface area contributed by atoms with E-state index in [-0.39, 0.29) is 11.7 Å². The highest BCUT2D eigenvalue weighted by atomic mass is 32.2. The van der Waals surface area contributed by atoms with Crippen LogP contribution in [-0.4, -0.2) is 41.7 Å². The Morgan fingerprint density at radius 3 is 3.05 bits per heavy atom. The van der Waals surface area contributed by atoms with Gasteiger partial charge in [-0.2, -0.15) is 5.10 Å². The van der Waals surface area contributed by atoms with Crippen LogP contribution >= 0.6 is 11.8 Å². The maximum atomic E-state index is 11.9. The summed E-state index contributed by atoms with van der Waals surface area (Å²) in [6, 6.07) is 7.06. The van der Waals surface area contributed by atoms with Crippen molar-refractivity contribution < 1.29 is 9.90 Å². The molecule has 110 valence electrons. The maximum Gasteiger partial charge on any atom is 0.244 e. The van der Waals surface area contributed by atoms with Crippen LogP contribution in [0.1, 0.15) is 10.4 Å². The van der Waals surface area contributed by atoms with Gasteiger partial charge < -0.3 is 5.11 Å². The van der Waals surface area contributed by atoms with E-state index in [1.807, 2.05) is 19.1 Å². The number of hydrogen-bond acceptors (Lipinski definition) is 6. The number of hydrogen-bond donors (Lipinski definition) is 2. The molecule has 0 spiro atoms. The van der Waals surface area contributed by atoms with E-state index in [1.54, 1.807) is 12.1 Å². The monoisotopic (exact) mass is 313 g/mol. The Kier molecular flexibility index (Phi) is 2.80. The van der Waals surface area contributed by atoms with E-state index < -0.39 is 0 Å². The lowest BCUT2D eigenvalue weighted by atomic mass is 10.1. The molecule has 22 heavy (non-hydrogen) atoms. The second-order valence-electron chi connectivity index (χ2n) is 5.01. The molecule has 4 rings (SSSR count). The predicted octanol–water partition coefficient (Wildman–Crippen LogP) is 2.10. The molecule has 1 aliphatic rings. The summed E-state index contributed by atoms with van der Waals surface area (Å²) in [7, 11) is 0. The van der Waals surface area contributed by atoms with Gasteiger partial charge in [-0.1, -0.05) is 23.4 Å². The van der Waals surface area contributed by atoms with Gasteiger partial charge >= 0.3 is 0 Å². The van der Waals surface area contributed by atoms with Gasteiger partial charge in [0.05, 0.1) is 11.4 Å². The Morgan fingerprint density at radius 2 is 2.18 bits per heavy atom. The van der Waals surface area contributed by atoms with Crippen LogP contribution < -0.4 is 0 Å². The Morgan fingerprint density at radius 1 is 1.32 bits per heavy atom. The summed E-state index contributed by atoms with van der Waals surface area (Å²) in [5.41, 5.74) is 2.83. The summed E-state index contributed by atoms with van der Waals surface area (Å²) in [4.78, 5) is 11.9. The number of benzene rings is 1. The highest BCUT2D eigenvalue weighted by Crippen LogP contribution is 2.32. The zero-order valence-electron chi connectivity index (χ0n) is 11.6. The van der Waals surface area contributed by atoms with Gasteiger partial charge in [0.1, 0.15) is 11.4 Å². The standard InChI is InChI=1S/C14H11N5O2S/c1-7-2-3-11(20)8(4-7)9-5-10(16-15-9)13-17-18-14-19(13)12(21)6-22-14/h2-5,20H,6H2,1H3,(H,15,16). The first-order valence-corrected chi connectivity index (χ1v) is 7.59. The van der Waals surface area contributed by atoms with Gasteiger partial charge in [0.2, 0.25) is 5.91 Å². The zero-order valence-corrected chi connectivity index (χ0v) is 12.4. The predicted molar refractivity (Wildman–Crippen MR) is 80.8 cm³/mol. The molecule has 0 saturated carbocycles. The number of carbonyl (C=O) groups excluding carboxylic acids is 1. The van der Waals surface area contributed by atoms with Gasteiger partial charge in [-0.3, -0.25) is 9.89 Å². The number of aryl methyl sites for hydroxylation is 1. The molecule has 3 aromatic rings. The van der Waals surface area contributed by atoms with E-state index in [1.165, 1.54) is 16.3 Å². The largest absolute Gasteiger partial charge is 0.507 e. The summed E-state index contributed by atoms with van der Waals surface area (Å²) < 4.78 is 1.48. The fraction of sp³-hybridized carbons (Fsp3) is 0.143. The molecule has 0 radical (unpaired) electrons. The van der Waals surface area contributed by atoms with Crippen LogP contribution in [0.15, 0.2) is 29.4 Å². The fourth-order valence-corrected chi connectivity index (χ4v) is 3.18. The van der Waals surface area contributed by atoms with Crippen LogP contribution in [0, 0.1) is 6.92 Å². The molecule has 8 heteroatoms. The Balaban J connectivity index is 1.80. The fourth-order valence-electron chi connectivity index (χ4n) is 2.38. The number of phenols is 1. The molecule has 0 saturated heterocycles. The number of H-pyrrole nitrogens is 1. The average Bonchev–Trinajstić information content (AvgIpc) is 3.19. The molecule has 7 nitrogen and oxygen atoms in total. The van der Waals surface area contributed by atoms with E-state index in [0.29, 0.717) is 33.7 Å². The number of carbonyl (C=O) groups is 1. The van der Waals surface area contributed by atoms with E-state index in [0.717, 1.165) is 5.56 Å². The molecular weight excluding hydrogens is 302 g/mol. The number of thioether (sulfide) groups is 1. The number of nitrogens with zero attached hydrogens (tertiary/aromatic N) is 4. The van der Waals surface area contributed by atoms with Crippen molar-refractivity contribution in [2.45, 2.75) is 12.1 Å². The summed E-state index contributed by atoms with van der Waals surface area (Å²) in [6.45, 7) is 1.94. The average molecular weight is 313 g/mol. The smallest absolute Gasteiger partial charge is 0.244 e. The first-order valence-electron chi connectivity index (χ1n) is 6.60.